The molecule has 1 aromatic carbocycles. The summed E-state index contributed by atoms with van der Waals surface area (Å²) in [5, 5.41) is 17.9. The maximum atomic E-state index is 8.97. The molecule has 0 unspecified atom stereocenters. The van der Waals surface area contributed by atoms with Crippen LogP contribution in [0.25, 0.3) is 0 Å². The molecule has 1 fully saturated rings. The first-order valence-electron chi connectivity index (χ1n) is 6.53. The zero-order valence-corrected chi connectivity index (χ0v) is 10.7. The Balaban J connectivity index is 1.75. The van der Waals surface area contributed by atoms with Crippen LogP contribution in [0.2, 0.25) is 0 Å². The lowest BCUT2D eigenvalue weighted by Gasteiger charge is -2.19. The maximum Gasteiger partial charge on any atom is 0.488 e. The van der Waals surface area contributed by atoms with Crippen molar-refractivity contribution in [3.8, 4) is 5.75 Å². The first-order chi connectivity index (χ1) is 8.70. The Morgan fingerprint density at radius 1 is 1.28 bits per heavy atom. The summed E-state index contributed by atoms with van der Waals surface area (Å²) < 4.78 is 5.65. The van der Waals surface area contributed by atoms with Crippen LogP contribution < -0.4 is 10.2 Å². The van der Waals surface area contributed by atoms with Gasteiger partial charge < -0.3 is 14.8 Å². The van der Waals surface area contributed by atoms with Crippen molar-refractivity contribution in [1.82, 2.24) is 4.90 Å². The molecular formula is C13H20BNO3. The van der Waals surface area contributed by atoms with Crippen LogP contribution in [0.4, 0.5) is 0 Å². The third-order valence-corrected chi connectivity index (χ3v) is 3.29. The van der Waals surface area contributed by atoms with Crippen LogP contribution in [0.3, 0.4) is 0 Å². The van der Waals surface area contributed by atoms with Gasteiger partial charge in [-0.3, -0.25) is 4.90 Å². The Morgan fingerprint density at radius 2 is 1.94 bits per heavy atom. The first kappa shape index (κ1) is 13.4. The van der Waals surface area contributed by atoms with Gasteiger partial charge in [-0.1, -0.05) is 19.1 Å². The third kappa shape index (κ3) is 3.73. The highest BCUT2D eigenvalue weighted by Crippen LogP contribution is 2.26. The molecule has 2 N–H and O–H groups in total. The van der Waals surface area contributed by atoms with Gasteiger partial charge in [0.1, 0.15) is 12.4 Å². The Hall–Kier alpha value is -1.04. The van der Waals surface area contributed by atoms with Gasteiger partial charge in [0.2, 0.25) is 0 Å². The highest BCUT2D eigenvalue weighted by Gasteiger charge is 2.27. The van der Waals surface area contributed by atoms with Gasteiger partial charge in [-0.25, -0.2) is 0 Å². The highest BCUT2D eigenvalue weighted by molar-refractivity contribution is 6.58. The molecule has 1 aliphatic carbocycles. The van der Waals surface area contributed by atoms with Crippen molar-refractivity contribution >= 4 is 12.6 Å². The first-order valence-corrected chi connectivity index (χ1v) is 6.53. The molecule has 5 heteroatoms. The molecule has 0 heterocycles. The second kappa shape index (κ2) is 6.23. The molecule has 0 aromatic heterocycles. The molecule has 1 aliphatic rings. The van der Waals surface area contributed by atoms with Gasteiger partial charge >= 0.3 is 7.12 Å². The predicted octanol–water partition coefficient (Wildman–Crippen LogP) is 0.229. The lowest BCUT2D eigenvalue weighted by atomic mass is 9.80. The van der Waals surface area contributed by atoms with Crippen molar-refractivity contribution in [3.63, 3.8) is 0 Å². The largest absolute Gasteiger partial charge is 0.492 e. The van der Waals surface area contributed by atoms with Gasteiger partial charge in [-0.15, -0.1) is 0 Å². The molecule has 0 spiro atoms. The fourth-order valence-corrected chi connectivity index (χ4v) is 2.06. The van der Waals surface area contributed by atoms with Gasteiger partial charge in [-0.05, 0) is 37.0 Å². The zero-order valence-electron chi connectivity index (χ0n) is 10.7. The molecule has 2 rings (SSSR count). The second-order valence-electron chi connectivity index (χ2n) is 4.65. The van der Waals surface area contributed by atoms with Crippen molar-refractivity contribution in [1.29, 1.82) is 0 Å². The SMILES string of the molecule is CCN(CCOc1ccc(B(O)O)cc1)C1CC1. The van der Waals surface area contributed by atoms with E-state index in [-0.39, 0.29) is 0 Å². The van der Waals surface area contributed by atoms with E-state index in [9.17, 15) is 0 Å². The van der Waals surface area contributed by atoms with Crippen LogP contribution in [0.15, 0.2) is 24.3 Å². The molecule has 0 atom stereocenters. The fourth-order valence-electron chi connectivity index (χ4n) is 2.06. The number of likely N-dealkylation sites (N-methyl/N-ethyl adjacent to an activating group) is 1. The van der Waals surface area contributed by atoms with Crippen molar-refractivity contribution in [3.05, 3.63) is 24.3 Å². The highest BCUT2D eigenvalue weighted by atomic mass is 16.5. The standard InChI is InChI=1S/C13H20BNO3/c1-2-15(12-5-6-12)9-10-18-13-7-3-11(4-8-13)14(16)17/h3-4,7-8,12,16-17H,2,5-6,9-10H2,1H3. The van der Waals surface area contributed by atoms with Crippen LogP contribution in [0.5, 0.6) is 5.75 Å². The van der Waals surface area contributed by atoms with E-state index < -0.39 is 7.12 Å². The molecule has 98 valence electrons. The van der Waals surface area contributed by atoms with Crippen molar-refractivity contribution in [2.75, 3.05) is 19.7 Å². The molecule has 0 aliphatic heterocycles. The summed E-state index contributed by atoms with van der Waals surface area (Å²) in [7, 11) is -1.41. The average Bonchev–Trinajstić information content (AvgIpc) is 3.19. The third-order valence-electron chi connectivity index (χ3n) is 3.29. The lowest BCUT2D eigenvalue weighted by Crippen LogP contribution is -2.30. The number of hydrogen-bond donors (Lipinski definition) is 2. The van der Waals surface area contributed by atoms with E-state index >= 15 is 0 Å². The summed E-state index contributed by atoms with van der Waals surface area (Å²) in [6, 6.07) is 7.63. The van der Waals surface area contributed by atoms with Gasteiger partial charge in [0, 0.05) is 12.6 Å². The summed E-state index contributed by atoms with van der Waals surface area (Å²) in [4.78, 5) is 2.44. The van der Waals surface area contributed by atoms with Gasteiger partial charge in [0.25, 0.3) is 0 Å². The van der Waals surface area contributed by atoms with E-state index in [4.69, 9.17) is 14.8 Å². The van der Waals surface area contributed by atoms with E-state index in [0.29, 0.717) is 12.1 Å². The van der Waals surface area contributed by atoms with E-state index in [1.807, 2.05) is 0 Å². The van der Waals surface area contributed by atoms with Crippen molar-refractivity contribution < 1.29 is 14.8 Å². The second-order valence-corrected chi connectivity index (χ2v) is 4.65. The Labute approximate surface area is 108 Å². The van der Waals surface area contributed by atoms with Crippen LogP contribution in [0.1, 0.15) is 19.8 Å². The maximum absolute atomic E-state index is 8.97. The molecule has 4 nitrogen and oxygen atoms in total. The number of rotatable bonds is 7. The molecule has 0 amide bonds. The molecule has 0 radical (unpaired) electrons. The van der Waals surface area contributed by atoms with Crippen LogP contribution in [0, 0.1) is 0 Å². The monoisotopic (exact) mass is 249 g/mol. The van der Waals surface area contributed by atoms with E-state index in [1.165, 1.54) is 12.8 Å². The van der Waals surface area contributed by atoms with E-state index in [2.05, 4.69) is 11.8 Å². The molecule has 1 aromatic rings. The minimum absolute atomic E-state index is 0.482. The number of benzene rings is 1. The lowest BCUT2D eigenvalue weighted by molar-refractivity contribution is 0.209. The Kier molecular flexibility index (Phi) is 4.63. The number of hydrogen-bond acceptors (Lipinski definition) is 4. The molecule has 0 saturated heterocycles. The number of nitrogens with zero attached hydrogens (tertiary/aromatic N) is 1. The molecule has 1 saturated carbocycles. The van der Waals surface area contributed by atoms with Gasteiger partial charge in [0.15, 0.2) is 0 Å². The van der Waals surface area contributed by atoms with E-state index in [1.54, 1.807) is 24.3 Å². The summed E-state index contributed by atoms with van der Waals surface area (Å²) >= 11 is 0. The minimum atomic E-state index is -1.41. The summed E-state index contributed by atoms with van der Waals surface area (Å²) in [6.07, 6.45) is 2.63. The molecule has 0 bridgehead atoms. The topological polar surface area (TPSA) is 52.9 Å². The summed E-state index contributed by atoms with van der Waals surface area (Å²) in [5.41, 5.74) is 0.482. The van der Waals surface area contributed by atoms with E-state index in [0.717, 1.165) is 24.9 Å². The Morgan fingerprint density at radius 3 is 2.44 bits per heavy atom. The number of ether oxygens (including phenoxy) is 1. The van der Waals surface area contributed by atoms with Gasteiger partial charge in [0.05, 0.1) is 0 Å². The normalized spacial score (nSPS) is 14.9. The van der Waals surface area contributed by atoms with Crippen LogP contribution >= 0.6 is 0 Å². The van der Waals surface area contributed by atoms with Gasteiger partial charge in [-0.2, -0.15) is 0 Å². The summed E-state index contributed by atoms with van der Waals surface area (Å²) in [5.74, 6) is 0.770. The van der Waals surface area contributed by atoms with Crippen molar-refractivity contribution in [2.45, 2.75) is 25.8 Å². The zero-order chi connectivity index (χ0) is 13.0. The minimum Gasteiger partial charge on any atom is -0.492 e. The quantitative estimate of drug-likeness (QED) is 0.679. The van der Waals surface area contributed by atoms with Crippen LogP contribution in [-0.4, -0.2) is 47.8 Å². The van der Waals surface area contributed by atoms with Crippen LogP contribution in [-0.2, 0) is 0 Å². The predicted molar refractivity (Wildman–Crippen MR) is 72.0 cm³/mol. The Bertz CT molecular complexity index is 365. The average molecular weight is 249 g/mol. The molecular weight excluding hydrogens is 229 g/mol. The smallest absolute Gasteiger partial charge is 0.488 e. The molecule has 18 heavy (non-hydrogen) atoms. The summed E-state index contributed by atoms with van der Waals surface area (Å²) in [6.45, 7) is 4.87. The van der Waals surface area contributed by atoms with Crippen molar-refractivity contribution in [2.24, 2.45) is 0 Å². The fraction of sp³-hybridized carbons (Fsp3) is 0.538.